The second-order valence-electron chi connectivity index (χ2n) is 3.18. The molecule has 0 aliphatic heterocycles. The quantitative estimate of drug-likeness (QED) is 0.839. The predicted octanol–water partition coefficient (Wildman–Crippen LogP) is 2.94. The molecule has 5 heteroatoms. The molecule has 0 unspecified atom stereocenters. The maximum Gasteiger partial charge on any atom is 0.143 e. The molecule has 0 aliphatic carbocycles. The van der Waals surface area contributed by atoms with Gasteiger partial charge in [0.2, 0.25) is 0 Å². The smallest absolute Gasteiger partial charge is 0.143 e. The number of nitrogens with one attached hydrogen (secondary N) is 1. The molecule has 15 heavy (non-hydrogen) atoms. The zero-order valence-corrected chi connectivity index (χ0v) is 12.3. The van der Waals surface area contributed by atoms with E-state index in [9.17, 15) is 0 Å². The highest BCUT2D eigenvalue weighted by molar-refractivity contribution is 14.1. The summed E-state index contributed by atoms with van der Waals surface area (Å²) in [4.78, 5) is 9.05. The molecule has 1 aromatic heterocycles. The Hall–Kier alpha value is -0.0400. The molecule has 0 radical (unpaired) electrons. The molecule has 1 heterocycles. The predicted molar refractivity (Wildman–Crippen MR) is 75.5 cm³/mol. The Bertz CT molecular complexity index is 331. The average Bonchev–Trinajstić information content (AvgIpc) is 2.23. The molecule has 84 valence electrons. The van der Waals surface area contributed by atoms with E-state index >= 15 is 0 Å². The Morgan fingerprint density at radius 2 is 2.13 bits per heavy atom. The zero-order valence-electron chi connectivity index (χ0n) is 9.30. The third-order valence-corrected chi connectivity index (χ3v) is 3.64. The maximum absolute atomic E-state index is 4.58. The summed E-state index contributed by atoms with van der Waals surface area (Å²) in [6, 6.07) is 0. The highest BCUT2D eigenvalue weighted by Gasteiger charge is 2.10. The van der Waals surface area contributed by atoms with E-state index < -0.39 is 0 Å². The van der Waals surface area contributed by atoms with Crippen molar-refractivity contribution >= 4 is 40.2 Å². The van der Waals surface area contributed by atoms with Gasteiger partial charge in [-0.1, -0.05) is 13.3 Å². The molecule has 0 spiro atoms. The van der Waals surface area contributed by atoms with Gasteiger partial charge in [-0.05, 0) is 35.3 Å². The molecule has 1 rings (SSSR count). The lowest BCUT2D eigenvalue weighted by Crippen LogP contribution is -2.06. The summed E-state index contributed by atoms with van der Waals surface area (Å²) >= 11 is 4.07. The molecule has 1 aromatic rings. The van der Waals surface area contributed by atoms with Crippen LogP contribution in [0.3, 0.4) is 0 Å². The molecule has 0 aliphatic rings. The second-order valence-corrected chi connectivity index (χ2v) is 5.13. The summed E-state index contributed by atoms with van der Waals surface area (Å²) < 4.78 is 1.15. The summed E-state index contributed by atoms with van der Waals surface area (Å²) in [5.41, 5.74) is 1.17. The first-order valence-corrected chi connectivity index (χ1v) is 7.42. The third kappa shape index (κ3) is 3.48. The fourth-order valence-corrected chi connectivity index (χ4v) is 2.47. The first kappa shape index (κ1) is 13.0. The first-order valence-electron chi connectivity index (χ1n) is 4.94. The van der Waals surface area contributed by atoms with Crippen LogP contribution in [-0.4, -0.2) is 23.3 Å². The molecule has 0 bridgehead atoms. The monoisotopic (exact) mass is 337 g/mol. The van der Waals surface area contributed by atoms with Crippen molar-refractivity contribution in [2.24, 2.45) is 0 Å². The van der Waals surface area contributed by atoms with E-state index in [1.54, 1.807) is 11.8 Å². The lowest BCUT2D eigenvalue weighted by Gasteiger charge is -2.09. The van der Waals surface area contributed by atoms with E-state index in [0.717, 1.165) is 33.8 Å². The summed E-state index contributed by atoms with van der Waals surface area (Å²) in [5.74, 6) is 2.76. The fourth-order valence-electron chi connectivity index (χ4n) is 1.31. The second kappa shape index (κ2) is 6.52. The minimum Gasteiger partial charge on any atom is -0.372 e. The lowest BCUT2D eigenvalue weighted by molar-refractivity contribution is 0.846. The molecular formula is C10H16IN3S. The van der Waals surface area contributed by atoms with Gasteiger partial charge in [0.25, 0.3) is 0 Å². The van der Waals surface area contributed by atoms with Crippen LogP contribution < -0.4 is 5.32 Å². The summed E-state index contributed by atoms with van der Waals surface area (Å²) in [6.45, 7) is 2.17. The van der Waals surface area contributed by atoms with Crippen LogP contribution in [0.5, 0.6) is 0 Å². The SMILES string of the molecule is CCCc1nc(CSC)nc(NC)c1I. The average molecular weight is 337 g/mol. The highest BCUT2D eigenvalue weighted by atomic mass is 127. The summed E-state index contributed by atoms with van der Waals surface area (Å²) in [6.07, 6.45) is 4.21. The number of halogens is 1. The molecule has 3 nitrogen and oxygen atoms in total. The number of aryl methyl sites for hydroxylation is 1. The van der Waals surface area contributed by atoms with Crippen molar-refractivity contribution in [2.75, 3.05) is 18.6 Å². The molecule has 0 atom stereocenters. The maximum atomic E-state index is 4.58. The van der Waals surface area contributed by atoms with Gasteiger partial charge in [0.1, 0.15) is 11.6 Å². The van der Waals surface area contributed by atoms with Crippen LogP contribution in [0.25, 0.3) is 0 Å². The topological polar surface area (TPSA) is 37.8 Å². The van der Waals surface area contributed by atoms with Crippen LogP contribution in [0.1, 0.15) is 24.9 Å². The Balaban J connectivity index is 3.07. The van der Waals surface area contributed by atoms with Gasteiger partial charge in [0, 0.05) is 7.05 Å². The number of rotatable bonds is 5. The number of nitrogens with zero attached hydrogens (tertiary/aromatic N) is 2. The number of anilines is 1. The van der Waals surface area contributed by atoms with E-state index in [4.69, 9.17) is 0 Å². The molecule has 0 saturated carbocycles. The molecule has 0 amide bonds. The highest BCUT2D eigenvalue weighted by Crippen LogP contribution is 2.21. The Labute approximate surface area is 109 Å². The van der Waals surface area contributed by atoms with E-state index in [-0.39, 0.29) is 0 Å². The molecular weight excluding hydrogens is 321 g/mol. The van der Waals surface area contributed by atoms with Gasteiger partial charge in [-0.15, -0.1) is 0 Å². The molecule has 0 fully saturated rings. The Morgan fingerprint density at radius 3 is 2.67 bits per heavy atom. The van der Waals surface area contributed by atoms with Gasteiger partial charge < -0.3 is 5.32 Å². The normalized spacial score (nSPS) is 10.4. The zero-order chi connectivity index (χ0) is 11.3. The van der Waals surface area contributed by atoms with Crippen molar-refractivity contribution in [3.63, 3.8) is 0 Å². The van der Waals surface area contributed by atoms with Crippen LogP contribution in [0.15, 0.2) is 0 Å². The largest absolute Gasteiger partial charge is 0.372 e. The fraction of sp³-hybridized carbons (Fsp3) is 0.600. The van der Waals surface area contributed by atoms with Crippen molar-refractivity contribution in [2.45, 2.75) is 25.5 Å². The number of aromatic nitrogens is 2. The van der Waals surface area contributed by atoms with Gasteiger partial charge in [0.05, 0.1) is 15.0 Å². The van der Waals surface area contributed by atoms with Crippen LogP contribution in [-0.2, 0) is 12.2 Å². The number of hydrogen-bond acceptors (Lipinski definition) is 4. The Morgan fingerprint density at radius 1 is 1.40 bits per heavy atom. The lowest BCUT2D eigenvalue weighted by atomic mass is 10.2. The van der Waals surface area contributed by atoms with E-state index in [2.05, 4.69) is 51.1 Å². The van der Waals surface area contributed by atoms with Gasteiger partial charge in [-0.25, -0.2) is 9.97 Å². The molecule has 1 N–H and O–H groups in total. The number of thioether (sulfide) groups is 1. The van der Waals surface area contributed by atoms with Crippen LogP contribution in [0, 0.1) is 3.57 Å². The van der Waals surface area contributed by atoms with Gasteiger partial charge >= 0.3 is 0 Å². The Kier molecular flexibility index (Phi) is 5.66. The van der Waals surface area contributed by atoms with Gasteiger partial charge in [0.15, 0.2) is 0 Å². The van der Waals surface area contributed by atoms with Gasteiger partial charge in [-0.2, -0.15) is 11.8 Å². The summed E-state index contributed by atoms with van der Waals surface area (Å²) in [7, 11) is 1.91. The van der Waals surface area contributed by atoms with Crippen LogP contribution >= 0.6 is 34.4 Å². The van der Waals surface area contributed by atoms with Crippen molar-refractivity contribution in [3.05, 3.63) is 15.1 Å². The van der Waals surface area contributed by atoms with E-state index in [1.165, 1.54) is 5.69 Å². The summed E-state index contributed by atoms with van der Waals surface area (Å²) in [5, 5.41) is 3.12. The first-order chi connectivity index (χ1) is 7.22. The van der Waals surface area contributed by atoms with E-state index in [1.807, 2.05) is 7.05 Å². The minimum atomic E-state index is 0.877. The van der Waals surface area contributed by atoms with Crippen molar-refractivity contribution in [3.8, 4) is 0 Å². The van der Waals surface area contributed by atoms with Gasteiger partial charge in [-0.3, -0.25) is 0 Å². The number of hydrogen-bond donors (Lipinski definition) is 1. The van der Waals surface area contributed by atoms with Crippen LogP contribution in [0.4, 0.5) is 5.82 Å². The molecule has 0 aromatic carbocycles. The standard InChI is InChI=1S/C10H16IN3S/c1-4-5-7-9(11)10(12-2)14-8(13-7)6-15-3/h4-6H2,1-3H3,(H,12,13,14). The van der Waals surface area contributed by atoms with Crippen LogP contribution in [0.2, 0.25) is 0 Å². The van der Waals surface area contributed by atoms with Crippen molar-refractivity contribution in [1.29, 1.82) is 0 Å². The molecule has 0 saturated heterocycles. The van der Waals surface area contributed by atoms with Crippen molar-refractivity contribution in [1.82, 2.24) is 9.97 Å². The van der Waals surface area contributed by atoms with E-state index in [0.29, 0.717) is 0 Å². The van der Waals surface area contributed by atoms with Crippen molar-refractivity contribution < 1.29 is 0 Å². The minimum absolute atomic E-state index is 0.877. The third-order valence-electron chi connectivity index (χ3n) is 1.96.